The first-order valence-corrected chi connectivity index (χ1v) is 11.7. The van der Waals surface area contributed by atoms with Crippen LogP contribution in [0.4, 0.5) is 5.69 Å². The number of hydrogen-bond acceptors (Lipinski definition) is 5. The van der Waals surface area contributed by atoms with Crippen molar-refractivity contribution in [3.8, 4) is 5.75 Å². The second kappa shape index (κ2) is 9.41. The van der Waals surface area contributed by atoms with Gasteiger partial charge in [0.1, 0.15) is 5.75 Å². The summed E-state index contributed by atoms with van der Waals surface area (Å²) >= 11 is 0. The monoisotopic (exact) mass is 416 g/mol. The fraction of sp³-hybridized carbons (Fsp3) is 0.409. The van der Waals surface area contributed by atoms with E-state index in [0.29, 0.717) is 5.69 Å². The first-order valence-electron chi connectivity index (χ1n) is 9.85. The summed E-state index contributed by atoms with van der Waals surface area (Å²) in [6, 6.07) is 14.7. The summed E-state index contributed by atoms with van der Waals surface area (Å²) in [5, 5.41) is 2.80. The van der Waals surface area contributed by atoms with Gasteiger partial charge in [0.2, 0.25) is 5.91 Å². The first-order chi connectivity index (χ1) is 13.9. The van der Waals surface area contributed by atoms with Gasteiger partial charge in [-0.2, -0.15) is 0 Å². The maximum absolute atomic E-state index is 12.8. The summed E-state index contributed by atoms with van der Waals surface area (Å²) in [5.41, 5.74) is 1.49. The molecule has 2 aromatic rings. The Labute approximate surface area is 172 Å². The summed E-state index contributed by atoms with van der Waals surface area (Å²) in [4.78, 5) is 15.1. The molecular weight excluding hydrogens is 388 g/mol. The summed E-state index contributed by atoms with van der Waals surface area (Å²) in [5.74, 6) is 0.602. The molecule has 0 radical (unpaired) electrons. The highest BCUT2D eigenvalue weighted by Gasteiger charge is 2.25. The summed E-state index contributed by atoms with van der Waals surface area (Å²) in [6.45, 7) is 1.05. The molecule has 1 heterocycles. The number of methoxy groups -OCH3 is 1. The van der Waals surface area contributed by atoms with Crippen LogP contribution in [0.1, 0.15) is 37.3 Å². The van der Waals surface area contributed by atoms with E-state index >= 15 is 0 Å². The van der Waals surface area contributed by atoms with Gasteiger partial charge in [-0.15, -0.1) is 0 Å². The second-order valence-corrected chi connectivity index (χ2v) is 9.41. The van der Waals surface area contributed by atoms with Gasteiger partial charge in [0.15, 0.2) is 9.84 Å². The highest BCUT2D eigenvalue weighted by atomic mass is 32.2. The molecule has 156 valence electrons. The minimum Gasteiger partial charge on any atom is -0.497 e. The number of likely N-dealkylation sites (tertiary alicyclic amines) is 1. The molecule has 1 saturated heterocycles. The molecule has 3 rings (SSSR count). The predicted octanol–water partition coefficient (Wildman–Crippen LogP) is 3.65. The number of sulfone groups is 1. The van der Waals surface area contributed by atoms with Crippen LogP contribution in [-0.2, 0) is 14.6 Å². The maximum Gasteiger partial charge on any atom is 0.238 e. The van der Waals surface area contributed by atoms with Crippen molar-refractivity contribution in [3.63, 3.8) is 0 Å². The van der Waals surface area contributed by atoms with E-state index in [1.165, 1.54) is 6.07 Å². The molecular formula is C22H28N2O4S. The van der Waals surface area contributed by atoms with Crippen molar-refractivity contribution in [2.24, 2.45) is 0 Å². The van der Waals surface area contributed by atoms with Crippen molar-refractivity contribution in [1.82, 2.24) is 4.90 Å². The van der Waals surface area contributed by atoms with Gasteiger partial charge >= 0.3 is 0 Å². The molecule has 0 spiro atoms. The molecule has 0 bridgehead atoms. The van der Waals surface area contributed by atoms with Crippen LogP contribution < -0.4 is 10.1 Å². The van der Waals surface area contributed by atoms with Crippen LogP contribution in [0.25, 0.3) is 0 Å². The van der Waals surface area contributed by atoms with Crippen LogP contribution in [0, 0.1) is 0 Å². The molecule has 6 nitrogen and oxygen atoms in total. The van der Waals surface area contributed by atoms with Crippen molar-refractivity contribution in [2.75, 3.05) is 31.8 Å². The van der Waals surface area contributed by atoms with Gasteiger partial charge in [0, 0.05) is 12.3 Å². The van der Waals surface area contributed by atoms with Crippen molar-refractivity contribution in [3.05, 3.63) is 54.1 Å². The Balaban J connectivity index is 1.76. The van der Waals surface area contributed by atoms with E-state index in [9.17, 15) is 13.2 Å². The highest BCUT2D eigenvalue weighted by Crippen LogP contribution is 2.31. The van der Waals surface area contributed by atoms with Gasteiger partial charge in [-0.05, 0) is 49.2 Å². The van der Waals surface area contributed by atoms with Crippen molar-refractivity contribution in [1.29, 1.82) is 0 Å². The van der Waals surface area contributed by atoms with Crippen molar-refractivity contribution in [2.45, 2.75) is 36.6 Å². The van der Waals surface area contributed by atoms with Gasteiger partial charge in [-0.1, -0.05) is 37.1 Å². The summed E-state index contributed by atoms with van der Waals surface area (Å²) < 4.78 is 29.2. The Hall–Kier alpha value is -2.38. The number of ether oxygens (including phenoxy) is 1. The van der Waals surface area contributed by atoms with E-state index in [1.54, 1.807) is 25.3 Å². The largest absolute Gasteiger partial charge is 0.497 e. The van der Waals surface area contributed by atoms with Crippen molar-refractivity contribution >= 4 is 21.4 Å². The number of amides is 1. The quantitative estimate of drug-likeness (QED) is 0.778. The molecule has 0 aliphatic carbocycles. The van der Waals surface area contributed by atoms with Crippen LogP contribution in [0.2, 0.25) is 0 Å². The molecule has 7 heteroatoms. The minimum atomic E-state index is -3.42. The van der Waals surface area contributed by atoms with E-state index in [4.69, 9.17) is 4.74 Å². The molecule has 1 atom stereocenters. The number of carbonyl (C=O) groups excluding carboxylic acids is 1. The van der Waals surface area contributed by atoms with Gasteiger partial charge in [0.05, 0.1) is 24.2 Å². The third-order valence-electron chi connectivity index (χ3n) is 5.27. The number of anilines is 1. The smallest absolute Gasteiger partial charge is 0.238 e. The third-order valence-corrected chi connectivity index (χ3v) is 6.43. The Bertz CT molecular complexity index is 942. The van der Waals surface area contributed by atoms with E-state index in [2.05, 4.69) is 22.3 Å². The topological polar surface area (TPSA) is 75.7 Å². The molecule has 1 amide bonds. The fourth-order valence-electron chi connectivity index (χ4n) is 3.83. The lowest BCUT2D eigenvalue weighted by Gasteiger charge is -2.30. The van der Waals surface area contributed by atoms with Crippen LogP contribution in [-0.4, -0.2) is 45.7 Å². The Morgan fingerprint density at radius 1 is 1.10 bits per heavy atom. The van der Waals surface area contributed by atoms with Crippen molar-refractivity contribution < 1.29 is 17.9 Å². The summed E-state index contributed by atoms with van der Waals surface area (Å²) in [7, 11) is -1.77. The van der Waals surface area contributed by atoms with E-state index in [1.807, 2.05) is 12.1 Å². The number of nitrogens with one attached hydrogen (secondary N) is 1. The van der Waals surface area contributed by atoms with E-state index in [0.717, 1.165) is 49.8 Å². The van der Waals surface area contributed by atoms with Crippen LogP contribution in [0.15, 0.2) is 53.4 Å². The Morgan fingerprint density at radius 2 is 1.83 bits per heavy atom. The molecule has 1 aliphatic rings. The van der Waals surface area contributed by atoms with Gasteiger partial charge in [-0.3, -0.25) is 9.69 Å². The second-order valence-electron chi connectivity index (χ2n) is 7.43. The Morgan fingerprint density at radius 3 is 2.52 bits per heavy atom. The maximum atomic E-state index is 12.8. The molecule has 1 aliphatic heterocycles. The number of carbonyl (C=O) groups is 1. The van der Waals surface area contributed by atoms with Gasteiger partial charge in [0.25, 0.3) is 0 Å². The zero-order valence-corrected chi connectivity index (χ0v) is 17.7. The van der Waals surface area contributed by atoms with E-state index < -0.39 is 9.84 Å². The molecule has 0 aromatic heterocycles. The minimum absolute atomic E-state index is 0.135. The van der Waals surface area contributed by atoms with Crippen LogP contribution in [0.5, 0.6) is 5.75 Å². The van der Waals surface area contributed by atoms with Gasteiger partial charge in [-0.25, -0.2) is 8.42 Å². The zero-order chi connectivity index (χ0) is 20.9. The predicted molar refractivity (Wildman–Crippen MR) is 114 cm³/mol. The van der Waals surface area contributed by atoms with Gasteiger partial charge < -0.3 is 10.1 Å². The molecule has 2 aromatic carbocycles. The zero-order valence-electron chi connectivity index (χ0n) is 16.9. The summed E-state index contributed by atoms with van der Waals surface area (Å²) in [6.07, 6.45) is 5.43. The van der Waals surface area contributed by atoms with Crippen LogP contribution in [0.3, 0.4) is 0 Å². The number of para-hydroxylation sites is 1. The molecule has 0 unspecified atom stereocenters. The lowest BCUT2D eigenvalue weighted by Crippen LogP contribution is -2.36. The molecule has 0 saturated carbocycles. The highest BCUT2D eigenvalue weighted by molar-refractivity contribution is 7.90. The average molecular weight is 417 g/mol. The third kappa shape index (κ3) is 5.58. The van der Waals surface area contributed by atoms with Crippen LogP contribution >= 0.6 is 0 Å². The van der Waals surface area contributed by atoms with E-state index in [-0.39, 0.29) is 23.4 Å². The SMILES string of the molecule is COc1ccc([C@H]2CCCCCN2CC(=O)Nc2ccccc2S(C)(=O)=O)cc1. The molecule has 1 N–H and O–H groups in total. The number of benzene rings is 2. The first kappa shape index (κ1) is 21.3. The number of hydrogen-bond donors (Lipinski definition) is 1. The standard InChI is InChI=1S/C22H28N2O4S/c1-28-18-13-11-17(12-14-18)20-9-4-3-7-15-24(20)16-22(25)23-19-8-5-6-10-21(19)29(2,26)27/h5-6,8,10-14,20H,3-4,7,9,15-16H2,1-2H3,(H,23,25)/t20-/m1/s1. The lowest BCUT2D eigenvalue weighted by atomic mass is 10.0. The number of rotatable bonds is 6. The lowest BCUT2D eigenvalue weighted by molar-refractivity contribution is -0.117. The Kier molecular flexibility index (Phi) is 6.92. The number of nitrogens with zero attached hydrogens (tertiary/aromatic N) is 1. The molecule has 1 fully saturated rings. The average Bonchev–Trinajstić information content (AvgIpc) is 2.93. The molecule has 29 heavy (non-hydrogen) atoms. The fourth-order valence-corrected chi connectivity index (χ4v) is 4.67. The normalized spacial score (nSPS) is 18.1.